The van der Waals surface area contributed by atoms with Gasteiger partial charge in [0.1, 0.15) is 0 Å². The lowest BCUT2D eigenvalue weighted by Crippen LogP contribution is -2.63. The van der Waals surface area contributed by atoms with Crippen LogP contribution in [0.1, 0.15) is 0 Å². The first-order valence-corrected chi connectivity index (χ1v) is 18.8. The van der Waals surface area contributed by atoms with Gasteiger partial charge in [-0.05, 0) is 92.8 Å². The zero-order valence-corrected chi connectivity index (χ0v) is 28.9. The van der Waals surface area contributed by atoms with Crippen molar-refractivity contribution in [3.8, 4) is 44.5 Å². The van der Waals surface area contributed by atoms with E-state index in [0.29, 0.717) is 0 Å². The van der Waals surface area contributed by atoms with Gasteiger partial charge in [0.15, 0.2) is 0 Å². The highest BCUT2D eigenvalue weighted by Gasteiger charge is 2.49. The van der Waals surface area contributed by atoms with Gasteiger partial charge in [-0.25, -0.2) is 0 Å². The van der Waals surface area contributed by atoms with Crippen molar-refractivity contribution < 1.29 is 0 Å². The van der Waals surface area contributed by atoms with Crippen LogP contribution in [0.2, 0.25) is 0 Å². The maximum atomic E-state index is 2.64. The highest BCUT2D eigenvalue weighted by Crippen LogP contribution is 2.53. The molecule has 0 saturated carbocycles. The van der Waals surface area contributed by atoms with Crippen molar-refractivity contribution in [1.29, 1.82) is 0 Å². The summed E-state index contributed by atoms with van der Waals surface area (Å²) in [5.41, 5.74) is 19.1. The number of hydrogen-bond acceptors (Lipinski definition) is 3. The quantitative estimate of drug-likeness (QED) is 0.172. The molecule has 4 heteroatoms. The molecule has 240 valence electrons. The van der Waals surface area contributed by atoms with E-state index >= 15 is 0 Å². The second kappa shape index (κ2) is 10.6. The number of thiophene rings is 1. The first-order valence-electron chi connectivity index (χ1n) is 18.0. The van der Waals surface area contributed by atoms with Crippen LogP contribution in [0.25, 0.3) is 64.7 Å². The fourth-order valence-electron chi connectivity index (χ4n) is 9.19. The van der Waals surface area contributed by atoms with Crippen LogP contribution in [0.15, 0.2) is 176 Å². The SMILES string of the molecule is c1ccc(-c2ccc3c(c2)-c2cccc4c2B2c5c(cccc5N4c4cccc5c4sc4ccccc45)-c4cc(-c5ccccc5)ccc4N23)cc1. The van der Waals surface area contributed by atoms with E-state index in [2.05, 4.69) is 186 Å². The van der Waals surface area contributed by atoms with Crippen molar-refractivity contribution in [1.82, 2.24) is 0 Å². The van der Waals surface area contributed by atoms with Gasteiger partial charge in [0.25, 0.3) is 0 Å². The van der Waals surface area contributed by atoms with Gasteiger partial charge in [0.2, 0.25) is 0 Å². The Hall–Kier alpha value is -6.36. The Kier molecular flexibility index (Phi) is 5.77. The molecule has 1 aromatic heterocycles. The topological polar surface area (TPSA) is 6.48 Å². The molecule has 0 spiro atoms. The predicted molar refractivity (Wildman–Crippen MR) is 223 cm³/mol. The van der Waals surface area contributed by atoms with Crippen molar-refractivity contribution in [2.75, 3.05) is 9.71 Å². The molecule has 4 heterocycles. The van der Waals surface area contributed by atoms with E-state index in [1.54, 1.807) is 0 Å². The standard InChI is InChI=1S/C48H29BN2S/c1-3-12-30(13-4-1)32-24-26-40-38(28-32)35-17-9-20-42-46(35)49-47-36(39-29-33(25-27-41(39)51(40)49)31-14-5-2-6-15-31)18-10-21-43(47)50(42)44-22-11-19-37-34-16-7-8-23-45(34)52-48(37)44/h1-29H. The molecule has 12 rings (SSSR count). The third kappa shape index (κ3) is 3.79. The summed E-state index contributed by atoms with van der Waals surface area (Å²) in [5, 5.41) is 2.63. The largest absolute Gasteiger partial charge is 0.376 e. The van der Waals surface area contributed by atoms with Crippen LogP contribution in [0.4, 0.5) is 28.4 Å². The van der Waals surface area contributed by atoms with Crippen LogP contribution >= 0.6 is 11.3 Å². The summed E-state index contributed by atoms with van der Waals surface area (Å²) in [6.45, 7) is 0.0420. The Balaban J connectivity index is 1.19. The monoisotopic (exact) mass is 676 g/mol. The summed E-state index contributed by atoms with van der Waals surface area (Å²) < 4.78 is 2.64. The second-order valence-corrected chi connectivity index (χ2v) is 15.1. The van der Waals surface area contributed by atoms with Crippen LogP contribution in [0.5, 0.6) is 0 Å². The summed E-state index contributed by atoms with van der Waals surface area (Å²) in [7, 11) is 0. The molecule has 0 saturated heterocycles. The number of hydrogen-bond donors (Lipinski definition) is 0. The molecular formula is C48H29BN2S. The van der Waals surface area contributed by atoms with Crippen molar-refractivity contribution in [3.63, 3.8) is 0 Å². The van der Waals surface area contributed by atoms with Crippen LogP contribution < -0.4 is 20.6 Å². The molecule has 0 aliphatic carbocycles. The van der Waals surface area contributed by atoms with E-state index in [1.165, 1.54) is 104 Å². The third-order valence-electron chi connectivity index (χ3n) is 11.4. The van der Waals surface area contributed by atoms with Gasteiger partial charge in [-0.15, -0.1) is 11.3 Å². The molecule has 0 N–H and O–H groups in total. The lowest BCUT2D eigenvalue weighted by molar-refractivity contribution is 1.27. The predicted octanol–water partition coefficient (Wildman–Crippen LogP) is 12.1. The molecule has 0 bridgehead atoms. The van der Waals surface area contributed by atoms with Crippen LogP contribution in [-0.4, -0.2) is 6.85 Å². The maximum Gasteiger partial charge on any atom is 0.333 e. The van der Waals surface area contributed by atoms with Gasteiger partial charge in [-0.3, -0.25) is 0 Å². The molecular weight excluding hydrogens is 647 g/mol. The Morgan fingerprint density at radius 3 is 1.50 bits per heavy atom. The van der Waals surface area contributed by atoms with Crippen molar-refractivity contribution in [3.05, 3.63) is 176 Å². The minimum Gasteiger partial charge on any atom is -0.376 e. The van der Waals surface area contributed by atoms with Gasteiger partial charge < -0.3 is 9.71 Å². The van der Waals surface area contributed by atoms with E-state index in [9.17, 15) is 0 Å². The zero-order chi connectivity index (χ0) is 33.9. The van der Waals surface area contributed by atoms with Crippen molar-refractivity contribution in [2.24, 2.45) is 0 Å². The molecule has 0 atom stereocenters. The fourth-order valence-corrected chi connectivity index (χ4v) is 10.4. The smallest absolute Gasteiger partial charge is 0.333 e. The Morgan fingerprint density at radius 1 is 0.365 bits per heavy atom. The van der Waals surface area contributed by atoms with E-state index in [-0.39, 0.29) is 6.85 Å². The molecule has 3 aliphatic heterocycles. The maximum absolute atomic E-state index is 2.64. The summed E-state index contributed by atoms with van der Waals surface area (Å²) in [6, 6.07) is 65.3. The summed E-state index contributed by atoms with van der Waals surface area (Å²) in [4.78, 5) is 5.21. The third-order valence-corrected chi connectivity index (χ3v) is 12.6. The molecule has 52 heavy (non-hydrogen) atoms. The normalized spacial score (nSPS) is 13.3. The Bertz CT molecular complexity index is 2790. The minimum absolute atomic E-state index is 0.0420. The lowest BCUT2D eigenvalue weighted by Gasteiger charge is -2.49. The van der Waals surface area contributed by atoms with Crippen LogP contribution in [-0.2, 0) is 0 Å². The molecule has 3 aliphatic rings. The fraction of sp³-hybridized carbons (Fsp3) is 0. The van der Waals surface area contributed by atoms with E-state index in [1.807, 2.05) is 11.3 Å². The molecule has 8 aromatic carbocycles. The number of benzene rings is 8. The van der Waals surface area contributed by atoms with E-state index in [0.717, 1.165) is 0 Å². The molecule has 0 unspecified atom stereocenters. The molecule has 9 aromatic rings. The number of anilines is 5. The molecule has 2 nitrogen and oxygen atoms in total. The van der Waals surface area contributed by atoms with E-state index < -0.39 is 0 Å². The number of nitrogens with zero attached hydrogens (tertiary/aromatic N) is 2. The minimum atomic E-state index is 0.0420. The van der Waals surface area contributed by atoms with Gasteiger partial charge in [0, 0.05) is 49.3 Å². The first-order chi connectivity index (χ1) is 25.8. The Labute approximate surface area is 306 Å². The molecule has 0 fully saturated rings. The highest BCUT2D eigenvalue weighted by atomic mass is 32.1. The summed E-state index contributed by atoms with van der Waals surface area (Å²) in [6.07, 6.45) is 0. The Morgan fingerprint density at radius 2 is 0.885 bits per heavy atom. The molecule has 0 radical (unpaired) electrons. The van der Waals surface area contributed by atoms with E-state index in [4.69, 9.17) is 0 Å². The van der Waals surface area contributed by atoms with Gasteiger partial charge in [-0.2, -0.15) is 0 Å². The number of rotatable bonds is 3. The van der Waals surface area contributed by atoms with Crippen molar-refractivity contribution >= 4 is 77.7 Å². The lowest BCUT2D eigenvalue weighted by atomic mass is 9.41. The molecule has 0 amide bonds. The van der Waals surface area contributed by atoms with Gasteiger partial charge in [-0.1, -0.05) is 127 Å². The van der Waals surface area contributed by atoms with Crippen molar-refractivity contribution in [2.45, 2.75) is 0 Å². The average molecular weight is 677 g/mol. The average Bonchev–Trinajstić information content (AvgIpc) is 3.60. The highest BCUT2D eigenvalue weighted by molar-refractivity contribution is 7.26. The summed E-state index contributed by atoms with van der Waals surface area (Å²) >= 11 is 1.90. The van der Waals surface area contributed by atoms with Gasteiger partial charge >= 0.3 is 6.85 Å². The van der Waals surface area contributed by atoms with Crippen LogP contribution in [0.3, 0.4) is 0 Å². The first kappa shape index (κ1) is 28.4. The summed E-state index contributed by atoms with van der Waals surface area (Å²) in [5.74, 6) is 0. The van der Waals surface area contributed by atoms with Crippen LogP contribution in [0, 0.1) is 0 Å². The number of fused-ring (bicyclic) bond motifs is 9. The van der Waals surface area contributed by atoms with Gasteiger partial charge in [0.05, 0.1) is 10.4 Å². The second-order valence-electron chi connectivity index (χ2n) is 14.0. The zero-order valence-electron chi connectivity index (χ0n) is 28.1.